The smallest absolute Gasteiger partial charge is 0.264 e. The van der Waals surface area contributed by atoms with Crippen LogP contribution in [0.3, 0.4) is 0 Å². The Bertz CT molecular complexity index is 2190. The van der Waals surface area contributed by atoms with Crippen molar-refractivity contribution in [2.24, 2.45) is 7.05 Å². The molecular weight excluding hydrogens is 718 g/mol. The molecule has 2 aromatic carbocycles. The number of hydrogen-bond donors (Lipinski definition) is 4. The van der Waals surface area contributed by atoms with Gasteiger partial charge in [0.05, 0.1) is 37.3 Å². The predicted octanol–water partition coefficient (Wildman–Crippen LogP) is 3.68. The van der Waals surface area contributed by atoms with E-state index in [0.29, 0.717) is 42.2 Å². The average Bonchev–Trinajstić information content (AvgIpc) is 3.45. The number of nitrogens with zero attached hydrogens (tertiary/aromatic N) is 3. The highest BCUT2D eigenvalue weighted by atomic mass is 16.5. The van der Waals surface area contributed by atoms with Crippen molar-refractivity contribution in [3.05, 3.63) is 82.0 Å². The van der Waals surface area contributed by atoms with Gasteiger partial charge < -0.3 is 30.0 Å². The molecule has 1 saturated heterocycles. The quantitative estimate of drug-likeness (QED) is 0.0855. The Morgan fingerprint density at radius 2 is 1.61 bits per heavy atom. The monoisotopic (exact) mass is 765 g/mol. The van der Waals surface area contributed by atoms with Crippen LogP contribution in [0.2, 0.25) is 0 Å². The lowest BCUT2D eigenvalue weighted by atomic mass is 9.99. The third-order valence-corrected chi connectivity index (χ3v) is 10.2. The molecule has 2 aliphatic heterocycles. The van der Waals surface area contributed by atoms with Crippen LogP contribution < -0.4 is 36.3 Å². The molecule has 15 heteroatoms. The van der Waals surface area contributed by atoms with Crippen molar-refractivity contribution in [3.63, 3.8) is 0 Å². The number of nitrogens with one attached hydrogen (secondary N) is 4. The van der Waals surface area contributed by atoms with Gasteiger partial charge in [-0.05, 0) is 60.5 Å². The van der Waals surface area contributed by atoms with Gasteiger partial charge in [-0.1, -0.05) is 31.7 Å². The van der Waals surface area contributed by atoms with Gasteiger partial charge in [-0.2, -0.15) is 0 Å². The topological polar surface area (TPSA) is 190 Å². The van der Waals surface area contributed by atoms with Crippen molar-refractivity contribution in [1.82, 2.24) is 30.4 Å². The molecule has 4 aromatic rings. The maximum atomic E-state index is 13.3. The van der Waals surface area contributed by atoms with Crippen LogP contribution in [-0.4, -0.2) is 83.9 Å². The first-order chi connectivity index (χ1) is 27.1. The van der Waals surface area contributed by atoms with Crippen molar-refractivity contribution < 1.29 is 33.4 Å². The minimum absolute atomic E-state index is 0.0743. The zero-order chi connectivity index (χ0) is 39.8. The summed E-state index contributed by atoms with van der Waals surface area (Å²) >= 11 is 0. The number of benzene rings is 2. The fourth-order valence-electron chi connectivity index (χ4n) is 7.29. The normalized spacial score (nSPS) is 15.2. The Morgan fingerprint density at radius 3 is 2.32 bits per heavy atom. The predicted molar refractivity (Wildman–Crippen MR) is 210 cm³/mol. The highest BCUT2D eigenvalue weighted by Gasteiger charge is 2.45. The summed E-state index contributed by atoms with van der Waals surface area (Å²) in [6, 6.07) is 9.66. The molecule has 0 radical (unpaired) electrons. The largest absolute Gasteiger partial charge is 0.496 e. The Labute approximate surface area is 324 Å². The molecule has 6 rings (SSSR count). The number of pyridine rings is 2. The maximum absolute atomic E-state index is 13.3. The number of aryl methyl sites for hydroxylation is 1. The number of carbonyl (C=O) groups excluding carboxylic acids is 5. The Morgan fingerprint density at radius 1 is 0.893 bits per heavy atom. The molecule has 294 valence electrons. The van der Waals surface area contributed by atoms with Gasteiger partial charge in [0.15, 0.2) is 0 Å². The lowest BCUT2D eigenvalue weighted by molar-refractivity contribution is -0.136. The molecule has 2 aliphatic rings. The van der Waals surface area contributed by atoms with Crippen molar-refractivity contribution >= 4 is 46.0 Å². The summed E-state index contributed by atoms with van der Waals surface area (Å²) in [6.07, 6.45) is 10.9. The van der Waals surface area contributed by atoms with Crippen LogP contribution in [0.1, 0.15) is 77.6 Å². The van der Waals surface area contributed by atoms with Gasteiger partial charge in [-0.25, -0.2) is 0 Å². The fraction of sp³-hybridized carbons (Fsp3) is 0.390. The van der Waals surface area contributed by atoms with Gasteiger partial charge in [0.1, 0.15) is 17.5 Å². The van der Waals surface area contributed by atoms with E-state index in [9.17, 15) is 28.8 Å². The van der Waals surface area contributed by atoms with Gasteiger partial charge in [0.2, 0.25) is 17.7 Å². The number of aromatic nitrogens is 2. The Balaban J connectivity index is 0.883. The number of carbonyl (C=O) groups is 5. The lowest BCUT2D eigenvalue weighted by Gasteiger charge is -2.27. The molecule has 56 heavy (non-hydrogen) atoms. The zero-order valence-corrected chi connectivity index (χ0v) is 31.9. The standard InChI is InChI=1S/C41H47N7O8/c1-47-24-30(26-15-18-42-21-28(26)39(47)52)25-19-33(55-2)29(34(20-25)56-3)22-43-23-36(50)45-17-9-7-5-4-6-8-16-44-31-12-10-11-27-37(31)41(54)48(40(27)53)32-13-14-35(49)46-38(32)51/h10-12,15,18-21,24,32,43-44H,4-9,13-14,16-17,22-23H2,1-3H3,(H,45,50)(H,46,49,51). The van der Waals surface area contributed by atoms with Gasteiger partial charge >= 0.3 is 0 Å². The second-order valence-electron chi connectivity index (χ2n) is 13.9. The molecule has 4 N–H and O–H groups in total. The second kappa shape index (κ2) is 18.0. The fourth-order valence-corrected chi connectivity index (χ4v) is 7.29. The number of fused-ring (bicyclic) bond motifs is 2. The number of hydrogen-bond acceptors (Lipinski definition) is 11. The van der Waals surface area contributed by atoms with Crippen LogP contribution in [0, 0.1) is 0 Å². The van der Waals surface area contributed by atoms with Gasteiger partial charge in [-0.3, -0.25) is 44.0 Å². The minimum Gasteiger partial charge on any atom is -0.496 e. The van der Waals surface area contributed by atoms with E-state index in [0.717, 1.165) is 65.5 Å². The molecule has 1 atom stereocenters. The van der Waals surface area contributed by atoms with E-state index < -0.39 is 29.7 Å². The number of ether oxygens (including phenoxy) is 2. The summed E-state index contributed by atoms with van der Waals surface area (Å²) in [5, 5.41) is 13.0. The molecule has 1 fully saturated rings. The van der Waals surface area contributed by atoms with E-state index in [-0.39, 0.29) is 42.0 Å². The van der Waals surface area contributed by atoms with E-state index in [1.54, 1.807) is 58.1 Å². The number of methoxy groups -OCH3 is 2. The summed E-state index contributed by atoms with van der Waals surface area (Å²) in [4.78, 5) is 80.6. The molecule has 15 nitrogen and oxygen atoms in total. The number of unbranched alkanes of at least 4 members (excludes halogenated alkanes) is 5. The van der Waals surface area contributed by atoms with E-state index in [2.05, 4.69) is 26.3 Å². The summed E-state index contributed by atoms with van der Waals surface area (Å²) in [6.45, 7) is 1.66. The molecule has 0 bridgehead atoms. The second-order valence-corrected chi connectivity index (χ2v) is 13.9. The molecular formula is C41H47N7O8. The maximum Gasteiger partial charge on any atom is 0.264 e. The molecule has 0 saturated carbocycles. The van der Waals surface area contributed by atoms with Crippen molar-refractivity contribution in [1.29, 1.82) is 0 Å². The zero-order valence-electron chi connectivity index (χ0n) is 31.9. The van der Waals surface area contributed by atoms with E-state index >= 15 is 0 Å². The van der Waals surface area contributed by atoms with Crippen LogP contribution in [0.4, 0.5) is 5.69 Å². The summed E-state index contributed by atoms with van der Waals surface area (Å²) in [5.74, 6) is -1.01. The Hall–Kier alpha value is -6.09. The van der Waals surface area contributed by atoms with Crippen LogP contribution in [0.15, 0.2) is 59.8 Å². The van der Waals surface area contributed by atoms with Crippen molar-refractivity contribution in [2.45, 2.75) is 64.0 Å². The lowest BCUT2D eigenvalue weighted by Crippen LogP contribution is -2.54. The molecule has 1 unspecified atom stereocenters. The SMILES string of the molecule is COc1cc(-c2cn(C)c(=O)c3cnccc23)cc(OC)c1CNCC(=O)NCCCCCCCCNc1cccc2c1C(=O)N(C1CCC(=O)NC1=O)C2=O. The first kappa shape index (κ1) is 39.6. The number of piperidine rings is 1. The van der Waals surface area contributed by atoms with Crippen molar-refractivity contribution in [2.75, 3.05) is 39.2 Å². The average molecular weight is 766 g/mol. The first-order valence-electron chi connectivity index (χ1n) is 18.9. The Kier molecular flexibility index (Phi) is 12.7. The van der Waals surface area contributed by atoms with Crippen LogP contribution in [0.5, 0.6) is 11.5 Å². The summed E-state index contributed by atoms with van der Waals surface area (Å²) < 4.78 is 13.0. The number of imide groups is 2. The van der Waals surface area contributed by atoms with E-state index in [1.807, 2.05) is 18.2 Å². The highest BCUT2D eigenvalue weighted by molar-refractivity contribution is 6.25. The molecule has 4 heterocycles. The van der Waals surface area contributed by atoms with Crippen LogP contribution in [-0.2, 0) is 28.0 Å². The third-order valence-electron chi connectivity index (χ3n) is 10.2. The number of amides is 5. The first-order valence-corrected chi connectivity index (χ1v) is 18.9. The van der Waals surface area contributed by atoms with Crippen molar-refractivity contribution in [3.8, 4) is 22.6 Å². The number of anilines is 1. The summed E-state index contributed by atoms with van der Waals surface area (Å²) in [7, 11) is 4.87. The van der Waals surface area contributed by atoms with Gasteiger partial charge in [0, 0.05) is 68.5 Å². The molecule has 5 amide bonds. The number of rotatable bonds is 18. The van der Waals surface area contributed by atoms with Gasteiger partial charge in [0.25, 0.3) is 17.4 Å². The highest BCUT2D eigenvalue weighted by Crippen LogP contribution is 2.37. The van der Waals surface area contributed by atoms with Crippen LogP contribution >= 0.6 is 0 Å². The van der Waals surface area contributed by atoms with E-state index in [4.69, 9.17) is 9.47 Å². The minimum atomic E-state index is -0.996. The molecule has 0 spiro atoms. The van der Waals surface area contributed by atoms with Gasteiger partial charge in [-0.15, -0.1) is 0 Å². The van der Waals surface area contributed by atoms with E-state index in [1.165, 1.54) is 4.57 Å². The summed E-state index contributed by atoms with van der Waals surface area (Å²) in [5.41, 5.74) is 3.37. The third kappa shape index (κ3) is 8.57. The van der Waals surface area contributed by atoms with Crippen LogP contribution in [0.25, 0.3) is 21.9 Å². The molecule has 2 aromatic heterocycles. The molecule has 0 aliphatic carbocycles.